The molecule has 5 rings (SSSR count). The third-order valence-electron chi connectivity index (χ3n) is 6.94. The van der Waals surface area contributed by atoms with Gasteiger partial charge in [0.1, 0.15) is 24.1 Å². The number of aliphatic hydroxyl groups is 3. The Balaban J connectivity index is 1.48. The summed E-state index contributed by atoms with van der Waals surface area (Å²) in [6.07, 6.45) is -7.49. The van der Waals surface area contributed by atoms with Crippen molar-refractivity contribution < 1.29 is 43.9 Å². The molecule has 12 heteroatoms. The van der Waals surface area contributed by atoms with Crippen LogP contribution in [-0.4, -0.2) is 77.8 Å². The molecule has 0 spiro atoms. The summed E-state index contributed by atoms with van der Waals surface area (Å²) in [6.45, 7) is 4.02. The van der Waals surface area contributed by atoms with Crippen LogP contribution in [0.3, 0.4) is 0 Å². The minimum absolute atomic E-state index is 0.00130. The molecule has 11 nitrogen and oxygen atoms in total. The van der Waals surface area contributed by atoms with Crippen molar-refractivity contribution >= 4 is 33.7 Å². The van der Waals surface area contributed by atoms with E-state index in [0.29, 0.717) is 0 Å². The van der Waals surface area contributed by atoms with Gasteiger partial charge in [0.2, 0.25) is 6.29 Å². The van der Waals surface area contributed by atoms with Gasteiger partial charge in [-0.25, -0.2) is 9.18 Å². The molecule has 39 heavy (non-hydrogen) atoms. The zero-order valence-electron chi connectivity index (χ0n) is 21.1. The fourth-order valence-electron chi connectivity index (χ4n) is 5.11. The summed E-state index contributed by atoms with van der Waals surface area (Å²) >= 11 is 0. The van der Waals surface area contributed by atoms with Crippen molar-refractivity contribution in [2.24, 2.45) is 0 Å². The van der Waals surface area contributed by atoms with E-state index < -0.39 is 42.6 Å². The summed E-state index contributed by atoms with van der Waals surface area (Å²) in [5.41, 5.74) is 4.14. The molecule has 4 aromatic rings. The van der Waals surface area contributed by atoms with Crippen LogP contribution in [0, 0.1) is 5.82 Å². The molecule has 1 saturated heterocycles. The Kier molecular flexibility index (Phi) is 7.12. The molecule has 0 unspecified atom stereocenters. The number of carbonyl (C=O) groups excluding carboxylic acids is 1. The number of aliphatic carboxylic acids is 1. The fourth-order valence-corrected chi connectivity index (χ4v) is 5.11. The molecule has 1 aliphatic rings. The van der Waals surface area contributed by atoms with E-state index in [1.165, 1.54) is 12.1 Å². The molecular formula is C27H28FN3O8. The molecule has 5 N–H and O–H groups in total. The summed E-state index contributed by atoms with van der Waals surface area (Å²) in [7, 11) is 0. The smallest absolute Gasteiger partial charge is 0.335 e. The molecule has 0 bridgehead atoms. The molecule has 0 saturated carbocycles. The van der Waals surface area contributed by atoms with Crippen molar-refractivity contribution in [2.75, 3.05) is 0 Å². The first-order valence-corrected chi connectivity index (χ1v) is 12.4. The van der Waals surface area contributed by atoms with E-state index in [0.717, 1.165) is 38.8 Å². The molecule has 2 aromatic carbocycles. The fraction of sp³-hybridized carbons (Fsp3) is 0.370. The minimum atomic E-state index is -1.89. The second-order valence-electron chi connectivity index (χ2n) is 9.88. The first-order valence-electron chi connectivity index (χ1n) is 12.4. The van der Waals surface area contributed by atoms with E-state index in [1.807, 2.05) is 30.5 Å². The standard InChI is InChI=1S/C27H28FN3O8/c1-12(2)21-16(7-8-20(32)38-27-24(35)22(33)23(34)25(39-27)26(36)37)17-10-18-13(11-29-30-18)9-19(17)31(21)15-5-3-14(28)4-6-15/h3-6,9-12,22-25,27,33-35H,7-8H2,1-2H3,(H,29,30)(H,36,37)/t22-,23-,24+,25-,27+/m0/s1. The van der Waals surface area contributed by atoms with Crippen LogP contribution in [0.25, 0.3) is 27.5 Å². The van der Waals surface area contributed by atoms with Crippen LogP contribution in [0.15, 0.2) is 42.6 Å². The average molecular weight is 542 g/mol. The van der Waals surface area contributed by atoms with Gasteiger partial charge >= 0.3 is 11.9 Å². The quantitative estimate of drug-likeness (QED) is 0.220. The number of nitrogens with zero attached hydrogens (tertiary/aromatic N) is 2. The first kappa shape index (κ1) is 26.8. The number of hydrogen-bond donors (Lipinski definition) is 5. The van der Waals surface area contributed by atoms with Crippen molar-refractivity contribution in [1.82, 2.24) is 14.8 Å². The number of H-pyrrole nitrogens is 1. The third kappa shape index (κ3) is 4.87. The van der Waals surface area contributed by atoms with Gasteiger partial charge in [0.15, 0.2) is 6.10 Å². The molecule has 2 aromatic heterocycles. The molecular weight excluding hydrogens is 513 g/mol. The number of halogens is 1. The number of aromatic nitrogens is 3. The molecule has 5 atom stereocenters. The molecule has 0 aliphatic carbocycles. The highest BCUT2D eigenvalue weighted by Gasteiger charge is 2.48. The Morgan fingerprint density at radius 1 is 1.13 bits per heavy atom. The van der Waals surface area contributed by atoms with Crippen LogP contribution in [-0.2, 0) is 25.5 Å². The minimum Gasteiger partial charge on any atom is -0.479 e. The number of carboxylic acids is 1. The van der Waals surface area contributed by atoms with E-state index in [4.69, 9.17) is 9.47 Å². The second-order valence-corrected chi connectivity index (χ2v) is 9.88. The maximum atomic E-state index is 13.7. The number of aryl methyl sites for hydroxylation is 1. The van der Waals surface area contributed by atoms with Gasteiger partial charge in [0, 0.05) is 28.6 Å². The number of benzene rings is 2. The number of nitrogens with one attached hydrogen (secondary N) is 1. The number of fused-ring (bicyclic) bond motifs is 2. The summed E-state index contributed by atoms with van der Waals surface area (Å²) in [6, 6.07) is 10.0. The van der Waals surface area contributed by atoms with Crippen molar-refractivity contribution in [2.45, 2.75) is 63.3 Å². The van der Waals surface area contributed by atoms with Gasteiger partial charge in [0.25, 0.3) is 0 Å². The summed E-state index contributed by atoms with van der Waals surface area (Å²) in [5, 5.41) is 48.0. The van der Waals surface area contributed by atoms with Crippen LogP contribution < -0.4 is 0 Å². The van der Waals surface area contributed by atoms with Gasteiger partial charge in [-0.1, -0.05) is 13.8 Å². The first-order chi connectivity index (χ1) is 18.6. The Morgan fingerprint density at radius 2 is 1.85 bits per heavy atom. The summed E-state index contributed by atoms with van der Waals surface area (Å²) in [5.74, 6) is -2.74. The lowest BCUT2D eigenvalue weighted by Gasteiger charge is -2.37. The van der Waals surface area contributed by atoms with Crippen LogP contribution >= 0.6 is 0 Å². The van der Waals surface area contributed by atoms with Gasteiger partial charge < -0.3 is 34.5 Å². The SMILES string of the molecule is CC(C)c1c(CCC(=O)O[C@@H]2O[C@H](C(=O)O)[C@@H](O)[C@H](O)[C@H]2O)c2cc3[nH]ncc3cc2n1-c1ccc(F)cc1. The van der Waals surface area contributed by atoms with Gasteiger partial charge in [0.05, 0.1) is 17.2 Å². The molecule has 0 amide bonds. The lowest BCUT2D eigenvalue weighted by atomic mass is 9.98. The van der Waals surface area contributed by atoms with Crippen molar-refractivity contribution in [1.29, 1.82) is 0 Å². The van der Waals surface area contributed by atoms with E-state index in [2.05, 4.69) is 10.2 Å². The van der Waals surface area contributed by atoms with E-state index in [-0.39, 0.29) is 24.6 Å². The van der Waals surface area contributed by atoms with Gasteiger partial charge in [-0.05, 0) is 54.3 Å². The molecule has 1 aliphatic heterocycles. The number of ether oxygens (including phenoxy) is 2. The number of aromatic amines is 1. The number of carboxylic acid groups (broad SMARTS) is 1. The summed E-state index contributed by atoms with van der Waals surface area (Å²) in [4.78, 5) is 24.2. The Morgan fingerprint density at radius 3 is 2.51 bits per heavy atom. The zero-order valence-corrected chi connectivity index (χ0v) is 21.1. The maximum Gasteiger partial charge on any atom is 0.335 e. The normalized spacial score (nSPS) is 23.5. The maximum absolute atomic E-state index is 13.7. The number of hydrogen-bond acceptors (Lipinski definition) is 8. The van der Waals surface area contributed by atoms with Crippen LogP contribution in [0.1, 0.15) is 37.4 Å². The van der Waals surface area contributed by atoms with Crippen LogP contribution in [0.5, 0.6) is 0 Å². The van der Waals surface area contributed by atoms with Gasteiger partial charge in [-0.2, -0.15) is 5.10 Å². The van der Waals surface area contributed by atoms with E-state index in [1.54, 1.807) is 18.3 Å². The number of aliphatic hydroxyl groups excluding tert-OH is 3. The number of carbonyl (C=O) groups is 2. The summed E-state index contributed by atoms with van der Waals surface area (Å²) < 4.78 is 26.0. The lowest BCUT2D eigenvalue weighted by molar-refractivity contribution is -0.286. The monoisotopic (exact) mass is 541 g/mol. The predicted octanol–water partition coefficient (Wildman–Crippen LogP) is 2.14. The highest BCUT2D eigenvalue weighted by Crippen LogP contribution is 2.37. The highest BCUT2D eigenvalue weighted by atomic mass is 19.1. The Labute approximate surface area is 221 Å². The van der Waals surface area contributed by atoms with Gasteiger partial charge in [-0.3, -0.25) is 9.89 Å². The Hall–Kier alpha value is -3.84. The molecule has 1 fully saturated rings. The molecule has 0 radical (unpaired) electrons. The molecule has 3 heterocycles. The zero-order chi connectivity index (χ0) is 28.0. The second kappa shape index (κ2) is 10.4. The number of esters is 1. The van der Waals surface area contributed by atoms with Gasteiger partial charge in [-0.15, -0.1) is 0 Å². The topological polar surface area (TPSA) is 167 Å². The number of rotatable bonds is 7. The van der Waals surface area contributed by atoms with Crippen LogP contribution in [0.4, 0.5) is 4.39 Å². The highest BCUT2D eigenvalue weighted by molar-refractivity contribution is 5.98. The lowest BCUT2D eigenvalue weighted by Crippen LogP contribution is -2.60. The molecule has 206 valence electrons. The van der Waals surface area contributed by atoms with Crippen molar-refractivity contribution in [3.05, 3.63) is 59.7 Å². The van der Waals surface area contributed by atoms with E-state index in [9.17, 15) is 34.4 Å². The van der Waals surface area contributed by atoms with E-state index >= 15 is 0 Å². The predicted molar refractivity (Wildman–Crippen MR) is 136 cm³/mol. The van der Waals surface area contributed by atoms with Crippen molar-refractivity contribution in [3.8, 4) is 5.69 Å². The van der Waals surface area contributed by atoms with Crippen LogP contribution in [0.2, 0.25) is 0 Å². The third-order valence-corrected chi connectivity index (χ3v) is 6.94. The Bertz CT molecular complexity index is 1530. The van der Waals surface area contributed by atoms with Crippen molar-refractivity contribution in [3.63, 3.8) is 0 Å². The average Bonchev–Trinajstić information content (AvgIpc) is 3.48. The largest absolute Gasteiger partial charge is 0.479 e.